The molecule has 0 N–H and O–H groups in total. The highest BCUT2D eigenvalue weighted by atomic mass is 32.2. The Morgan fingerprint density at radius 2 is 1.68 bits per heavy atom. The zero-order valence-electron chi connectivity index (χ0n) is 19.4. The molecule has 2 aliphatic heterocycles. The summed E-state index contributed by atoms with van der Waals surface area (Å²) in [6.07, 6.45) is 1.87. The van der Waals surface area contributed by atoms with Gasteiger partial charge in [-0.05, 0) is 55.7 Å². The topological polar surface area (TPSA) is 93.9 Å². The van der Waals surface area contributed by atoms with Crippen molar-refractivity contribution in [3.05, 3.63) is 54.1 Å². The average Bonchev–Trinajstić information content (AvgIpc) is 3.15. The van der Waals surface area contributed by atoms with E-state index < -0.39 is 10.0 Å². The predicted molar refractivity (Wildman–Crippen MR) is 129 cm³/mol. The van der Waals surface area contributed by atoms with Gasteiger partial charge in [0.15, 0.2) is 0 Å². The summed E-state index contributed by atoms with van der Waals surface area (Å²) in [4.78, 5) is 17.5. The molecule has 8 nitrogen and oxygen atoms in total. The molecule has 0 aromatic heterocycles. The van der Waals surface area contributed by atoms with E-state index in [2.05, 4.69) is 4.90 Å². The summed E-state index contributed by atoms with van der Waals surface area (Å²) in [7, 11) is -2.11. The Morgan fingerprint density at radius 1 is 0.971 bits per heavy atom. The molecule has 180 valence electrons. The monoisotopic (exact) mass is 482 g/mol. The molecule has 9 heteroatoms. The van der Waals surface area contributed by atoms with Crippen molar-refractivity contribution in [1.29, 1.82) is 5.26 Å². The van der Waals surface area contributed by atoms with Crippen molar-refractivity contribution < 1.29 is 17.9 Å². The van der Waals surface area contributed by atoms with Crippen molar-refractivity contribution in [3.63, 3.8) is 0 Å². The summed E-state index contributed by atoms with van der Waals surface area (Å²) in [5.74, 6) is 0.760. The first-order chi connectivity index (χ1) is 16.4. The van der Waals surface area contributed by atoms with Gasteiger partial charge in [0.1, 0.15) is 11.8 Å². The summed E-state index contributed by atoms with van der Waals surface area (Å²) in [6.45, 7) is 3.56. The molecule has 2 aromatic carbocycles. The number of hydrogen-bond acceptors (Lipinski definition) is 6. The molecule has 2 aliphatic rings. The van der Waals surface area contributed by atoms with E-state index in [1.807, 2.05) is 35.2 Å². The summed E-state index contributed by atoms with van der Waals surface area (Å²) in [5, 5.41) is 9.28. The molecule has 2 fully saturated rings. The number of nitriles is 1. The van der Waals surface area contributed by atoms with Gasteiger partial charge in [-0.3, -0.25) is 4.79 Å². The third-order valence-electron chi connectivity index (χ3n) is 6.67. The molecular formula is C25H30N4O4S. The number of rotatable bonds is 5. The number of benzene rings is 2. The van der Waals surface area contributed by atoms with E-state index in [1.165, 1.54) is 16.4 Å². The minimum Gasteiger partial charge on any atom is -0.497 e. The average molecular weight is 483 g/mol. The molecule has 0 saturated carbocycles. The Labute approximate surface area is 201 Å². The number of ether oxygens (including phenoxy) is 1. The summed E-state index contributed by atoms with van der Waals surface area (Å²) < 4.78 is 32.8. The fourth-order valence-corrected chi connectivity index (χ4v) is 6.33. The van der Waals surface area contributed by atoms with E-state index >= 15 is 0 Å². The summed E-state index contributed by atoms with van der Waals surface area (Å²) in [5.41, 5.74) is 1.26. The molecule has 0 unspecified atom stereocenters. The van der Waals surface area contributed by atoms with E-state index in [4.69, 9.17) is 4.74 Å². The number of carbonyl (C=O) groups excluding carboxylic acids is 1. The molecule has 0 bridgehead atoms. The second-order valence-electron chi connectivity index (χ2n) is 8.65. The quantitative estimate of drug-likeness (QED) is 0.651. The van der Waals surface area contributed by atoms with Gasteiger partial charge in [-0.2, -0.15) is 9.57 Å². The lowest BCUT2D eigenvalue weighted by molar-refractivity contribution is -0.136. The third-order valence-corrected chi connectivity index (χ3v) is 8.63. The maximum absolute atomic E-state index is 13.2. The Balaban J connectivity index is 1.35. The van der Waals surface area contributed by atoms with Crippen molar-refractivity contribution in [1.82, 2.24) is 9.21 Å². The van der Waals surface area contributed by atoms with Crippen molar-refractivity contribution >= 4 is 21.6 Å². The zero-order valence-corrected chi connectivity index (χ0v) is 20.2. The Kier molecular flexibility index (Phi) is 7.39. The summed E-state index contributed by atoms with van der Waals surface area (Å²) >= 11 is 0. The second kappa shape index (κ2) is 10.5. The SMILES string of the molecule is COc1ccc(N2CCCN(C(=O)C3CCN(S(=O)(=O)c4ccccc4C#N)CC3)CC2)cc1. The Hall–Kier alpha value is -3.09. The van der Waals surface area contributed by atoms with Crippen LogP contribution >= 0.6 is 0 Å². The van der Waals surface area contributed by atoms with Crippen LogP contribution in [-0.2, 0) is 14.8 Å². The van der Waals surface area contributed by atoms with E-state index in [0.717, 1.165) is 30.9 Å². The first kappa shape index (κ1) is 24.0. The van der Waals surface area contributed by atoms with Crippen LogP contribution in [0.25, 0.3) is 0 Å². The highest BCUT2D eigenvalue weighted by Crippen LogP contribution is 2.27. The minimum absolute atomic E-state index is 0.0356. The van der Waals surface area contributed by atoms with Gasteiger partial charge in [0.25, 0.3) is 0 Å². The number of amides is 1. The van der Waals surface area contributed by atoms with Crippen LogP contribution in [0.1, 0.15) is 24.8 Å². The van der Waals surface area contributed by atoms with Crippen LogP contribution in [0.4, 0.5) is 5.69 Å². The van der Waals surface area contributed by atoms with Crippen molar-refractivity contribution in [3.8, 4) is 11.8 Å². The fourth-order valence-electron chi connectivity index (χ4n) is 4.71. The standard InChI is InChI=1S/C25H30N4O4S/c1-33-23-9-7-22(8-10-23)27-13-4-14-28(18-17-27)25(30)20-11-15-29(16-12-20)34(31,32)24-6-3-2-5-21(24)19-26/h2-3,5-10,20H,4,11-18H2,1H3. The van der Waals surface area contributed by atoms with Gasteiger partial charge in [-0.1, -0.05) is 12.1 Å². The van der Waals surface area contributed by atoms with Crippen LogP contribution in [0.5, 0.6) is 5.75 Å². The van der Waals surface area contributed by atoms with Gasteiger partial charge in [-0.25, -0.2) is 8.42 Å². The largest absolute Gasteiger partial charge is 0.497 e. The number of piperidine rings is 1. The Morgan fingerprint density at radius 3 is 2.35 bits per heavy atom. The van der Waals surface area contributed by atoms with Gasteiger partial charge in [0, 0.05) is 50.9 Å². The van der Waals surface area contributed by atoms with Crippen molar-refractivity contribution in [2.45, 2.75) is 24.2 Å². The molecule has 34 heavy (non-hydrogen) atoms. The molecule has 0 atom stereocenters. The van der Waals surface area contributed by atoms with Gasteiger partial charge in [0.2, 0.25) is 15.9 Å². The second-order valence-corrected chi connectivity index (χ2v) is 10.6. The van der Waals surface area contributed by atoms with Crippen LogP contribution in [-0.4, -0.2) is 69.9 Å². The van der Waals surface area contributed by atoms with Gasteiger partial charge < -0.3 is 14.5 Å². The lowest BCUT2D eigenvalue weighted by Gasteiger charge is -2.33. The molecule has 0 spiro atoms. The van der Waals surface area contributed by atoms with Crippen molar-refractivity contribution in [2.75, 3.05) is 51.3 Å². The van der Waals surface area contributed by atoms with Crippen LogP contribution < -0.4 is 9.64 Å². The van der Waals surface area contributed by atoms with Gasteiger partial charge >= 0.3 is 0 Å². The van der Waals surface area contributed by atoms with E-state index in [9.17, 15) is 18.5 Å². The molecule has 2 heterocycles. The van der Waals surface area contributed by atoms with Gasteiger partial charge in [0.05, 0.1) is 17.6 Å². The molecular weight excluding hydrogens is 452 g/mol. The molecule has 0 aliphatic carbocycles. The van der Waals surface area contributed by atoms with E-state index in [-0.39, 0.29) is 35.4 Å². The third kappa shape index (κ3) is 5.03. The number of anilines is 1. The molecule has 2 saturated heterocycles. The maximum Gasteiger partial charge on any atom is 0.244 e. The first-order valence-electron chi connectivity index (χ1n) is 11.6. The normalized spacial score (nSPS) is 18.2. The number of hydrogen-bond donors (Lipinski definition) is 0. The first-order valence-corrected chi connectivity index (χ1v) is 13.0. The fraction of sp³-hybridized carbons (Fsp3) is 0.440. The predicted octanol–water partition coefficient (Wildman–Crippen LogP) is 2.71. The zero-order chi connectivity index (χ0) is 24.1. The lowest BCUT2D eigenvalue weighted by Crippen LogP contribution is -2.45. The van der Waals surface area contributed by atoms with Crippen molar-refractivity contribution in [2.24, 2.45) is 5.92 Å². The van der Waals surface area contributed by atoms with E-state index in [0.29, 0.717) is 25.9 Å². The van der Waals surface area contributed by atoms with Crippen LogP contribution in [0.15, 0.2) is 53.4 Å². The Bertz CT molecular complexity index is 1150. The minimum atomic E-state index is -3.76. The number of carbonyl (C=O) groups is 1. The molecule has 4 rings (SSSR count). The lowest BCUT2D eigenvalue weighted by atomic mass is 9.96. The highest BCUT2D eigenvalue weighted by molar-refractivity contribution is 7.89. The number of nitrogens with zero attached hydrogens (tertiary/aromatic N) is 4. The highest BCUT2D eigenvalue weighted by Gasteiger charge is 2.35. The van der Waals surface area contributed by atoms with Crippen LogP contribution in [0.3, 0.4) is 0 Å². The summed E-state index contributed by atoms with van der Waals surface area (Å²) in [6, 6.07) is 16.2. The molecule has 2 aromatic rings. The maximum atomic E-state index is 13.2. The van der Waals surface area contributed by atoms with Gasteiger partial charge in [-0.15, -0.1) is 0 Å². The number of sulfonamides is 1. The van der Waals surface area contributed by atoms with Crippen LogP contribution in [0.2, 0.25) is 0 Å². The van der Waals surface area contributed by atoms with Crippen LogP contribution in [0, 0.1) is 17.2 Å². The van der Waals surface area contributed by atoms with E-state index in [1.54, 1.807) is 19.2 Å². The molecule has 0 radical (unpaired) electrons. The molecule has 1 amide bonds. The number of methoxy groups -OCH3 is 1. The smallest absolute Gasteiger partial charge is 0.244 e.